The number of fused-ring (bicyclic) bond motifs is 1. The predicted octanol–water partition coefficient (Wildman–Crippen LogP) is 2.08. The lowest BCUT2D eigenvalue weighted by molar-refractivity contribution is 0.0696. The Kier molecular flexibility index (Phi) is 2.21. The number of carboxylic acid groups (broad SMARTS) is 1. The maximum absolute atomic E-state index is 10.9. The number of carboxylic acids is 1. The van der Waals surface area contributed by atoms with Gasteiger partial charge in [-0.2, -0.15) is 0 Å². The summed E-state index contributed by atoms with van der Waals surface area (Å²) >= 11 is 0. The van der Waals surface area contributed by atoms with Crippen LogP contribution in [-0.2, 0) is 6.42 Å². The SMILES string of the molecule is O=C(O)c1ccc2c(c1)C(N1CCC1)CC2. The van der Waals surface area contributed by atoms with Crippen molar-refractivity contribution in [1.29, 1.82) is 0 Å². The molecule has 3 heteroatoms. The van der Waals surface area contributed by atoms with Gasteiger partial charge < -0.3 is 5.11 Å². The Hall–Kier alpha value is -1.35. The molecular weight excluding hydrogens is 202 g/mol. The van der Waals surface area contributed by atoms with Crippen molar-refractivity contribution >= 4 is 5.97 Å². The van der Waals surface area contributed by atoms with Crippen LogP contribution in [-0.4, -0.2) is 29.1 Å². The van der Waals surface area contributed by atoms with Crippen molar-refractivity contribution in [2.24, 2.45) is 0 Å². The summed E-state index contributed by atoms with van der Waals surface area (Å²) in [6.45, 7) is 2.34. The summed E-state index contributed by atoms with van der Waals surface area (Å²) < 4.78 is 0. The van der Waals surface area contributed by atoms with E-state index >= 15 is 0 Å². The summed E-state index contributed by atoms with van der Waals surface area (Å²) in [5, 5.41) is 9.00. The van der Waals surface area contributed by atoms with Crippen LogP contribution in [0.4, 0.5) is 0 Å². The van der Waals surface area contributed by atoms with Gasteiger partial charge in [0.2, 0.25) is 0 Å². The number of aromatic carboxylic acids is 1. The predicted molar refractivity (Wildman–Crippen MR) is 60.7 cm³/mol. The molecule has 3 rings (SSSR count). The highest BCUT2D eigenvalue weighted by molar-refractivity contribution is 5.88. The first-order valence-corrected chi connectivity index (χ1v) is 5.86. The van der Waals surface area contributed by atoms with Crippen LogP contribution in [0, 0.1) is 0 Å². The lowest BCUT2D eigenvalue weighted by atomic mass is 10.0. The zero-order valence-electron chi connectivity index (χ0n) is 9.15. The van der Waals surface area contributed by atoms with Crippen LogP contribution in [0.1, 0.15) is 40.4 Å². The van der Waals surface area contributed by atoms with Crippen LogP contribution in [0.2, 0.25) is 0 Å². The first-order chi connectivity index (χ1) is 7.75. The molecule has 1 heterocycles. The third kappa shape index (κ3) is 1.43. The number of nitrogens with zero attached hydrogens (tertiary/aromatic N) is 1. The normalized spacial score (nSPS) is 23.9. The molecule has 1 aliphatic carbocycles. The van der Waals surface area contributed by atoms with E-state index in [4.69, 9.17) is 5.11 Å². The van der Waals surface area contributed by atoms with Crippen molar-refractivity contribution < 1.29 is 9.90 Å². The minimum absolute atomic E-state index is 0.422. The number of aryl methyl sites for hydroxylation is 1. The van der Waals surface area contributed by atoms with Crippen molar-refractivity contribution in [3.05, 3.63) is 34.9 Å². The number of likely N-dealkylation sites (tertiary alicyclic amines) is 1. The quantitative estimate of drug-likeness (QED) is 0.824. The Labute approximate surface area is 94.7 Å². The molecule has 1 aromatic rings. The molecule has 0 radical (unpaired) electrons. The second-order valence-corrected chi connectivity index (χ2v) is 4.66. The Morgan fingerprint density at radius 2 is 2.19 bits per heavy atom. The van der Waals surface area contributed by atoms with Crippen LogP contribution in [0.5, 0.6) is 0 Å². The van der Waals surface area contributed by atoms with E-state index in [9.17, 15) is 4.79 Å². The van der Waals surface area contributed by atoms with E-state index in [1.54, 1.807) is 6.07 Å². The van der Waals surface area contributed by atoms with E-state index in [0.717, 1.165) is 12.8 Å². The van der Waals surface area contributed by atoms with Gasteiger partial charge in [-0.3, -0.25) is 4.90 Å². The molecule has 2 aliphatic rings. The number of carbonyl (C=O) groups is 1. The van der Waals surface area contributed by atoms with Crippen molar-refractivity contribution in [3.63, 3.8) is 0 Å². The molecule has 84 valence electrons. The standard InChI is InChI=1S/C13H15NO2/c15-13(16)10-3-2-9-4-5-12(11(9)8-10)14-6-1-7-14/h2-3,8,12H,1,4-7H2,(H,15,16). The van der Waals surface area contributed by atoms with Gasteiger partial charge in [0.05, 0.1) is 5.56 Å². The van der Waals surface area contributed by atoms with Crippen molar-refractivity contribution in [1.82, 2.24) is 4.90 Å². The largest absolute Gasteiger partial charge is 0.478 e. The molecular formula is C13H15NO2. The maximum atomic E-state index is 10.9. The van der Waals surface area contributed by atoms with E-state index in [0.29, 0.717) is 11.6 Å². The van der Waals surface area contributed by atoms with E-state index < -0.39 is 5.97 Å². The van der Waals surface area contributed by atoms with Crippen molar-refractivity contribution in [3.8, 4) is 0 Å². The minimum Gasteiger partial charge on any atom is -0.478 e. The molecule has 0 amide bonds. The van der Waals surface area contributed by atoms with Gasteiger partial charge in [0.25, 0.3) is 0 Å². The molecule has 1 fully saturated rings. The first-order valence-electron chi connectivity index (χ1n) is 5.86. The summed E-state index contributed by atoms with van der Waals surface area (Å²) in [6, 6.07) is 6.05. The molecule has 1 aromatic carbocycles. The van der Waals surface area contributed by atoms with Crippen LogP contribution < -0.4 is 0 Å². The number of rotatable bonds is 2. The van der Waals surface area contributed by atoms with Crippen LogP contribution in [0.25, 0.3) is 0 Å². The summed E-state index contributed by atoms with van der Waals surface area (Å²) in [5.41, 5.74) is 3.01. The fourth-order valence-electron chi connectivity index (χ4n) is 2.75. The highest BCUT2D eigenvalue weighted by Crippen LogP contribution is 2.38. The molecule has 3 nitrogen and oxygen atoms in total. The molecule has 1 atom stereocenters. The summed E-state index contributed by atoms with van der Waals surface area (Å²) in [7, 11) is 0. The Morgan fingerprint density at radius 1 is 1.38 bits per heavy atom. The fraction of sp³-hybridized carbons (Fsp3) is 0.462. The monoisotopic (exact) mass is 217 g/mol. The minimum atomic E-state index is -0.822. The average molecular weight is 217 g/mol. The molecule has 1 aliphatic heterocycles. The molecule has 0 bridgehead atoms. The van der Waals surface area contributed by atoms with Crippen molar-refractivity contribution in [2.45, 2.75) is 25.3 Å². The fourth-order valence-corrected chi connectivity index (χ4v) is 2.75. The van der Waals surface area contributed by atoms with E-state index in [1.165, 1.54) is 30.6 Å². The van der Waals surface area contributed by atoms with E-state index in [1.807, 2.05) is 12.1 Å². The summed E-state index contributed by atoms with van der Waals surface area (Å²) in [6.07, 6.45) is 3.53. The lowest BCUT2D eigenvalue weighted by Gasteiger charge is -2.37. The van der Waals surface area contributed by atoms with Crippen molar-refractivity contribution in [2.75, 3.05) is 13.1 Å². The Balaban J connectivity index is 1.96. The Bertz CT molecular complexity index is 438. The van der Waals surface area contributed by atoms with Gasteiger partial charge in [0.15, 0.2) is 0 Å². The smallest absolute Gasteiger partial charge is 0.335 e. The third-order valence-corrected chi connectivity index (χ3v) is 3.77. The molecule has 0 aromatic heterocycles. The topological polar surface area (TPSA) is 40.5 Å². The van der Waals surface area contributed by atoms with Crippen LogP contribution >= 0.6 is 0 Å². The average Bonchev–Trinajstić information content (AvgIpc) is 2.59. The molecule has 0 spiro atoms. The van der Waals surface area contributed by atoms with Gasteiger partial charge >= 0.3 is 5.97 Å². The second-order valence-electron chi connectivity index (χ2n) is 4.66. The highest BCUT2D eigenvalue weighted by atomic mass is 16.4. The van der Waals surface area contributed by atoms with Gasteiger partial charge in [0, 0.05) is 6.04 Å². The Morgan fingerprint density at radius 3 is 2.81 bits per heavy atom. The second kappa shape index (κ2) is 3.59. The molecule has 1 N–H and O–H groups in total. The lowest BCUT2D eigenvalue weighted by Crippen LogP contribution is -2.39. The number of hydrogen-bond acceptors (Lipinski definition) is 2. The summed E-state index contributed by atoms with van der Waals surface area (Å²) in [4.78, 5) is 13.4. The van der Waals surface area contributed by atoms with Gasteiger partial charge in [0.1, 0.15) is 0 Å². The van der Waals surface area contributed by atoms with Gasteiger partial charge in [-0.05, 0) is 55.6 Å². The van der Waals surface area contributed by atoms with Crippen LogP contribution in [0.15, 0.2) is 18.2 Å². The zero-order valence-corrected chi connectivity index (χ0v) is 9.15. The zero-order chi connectivity index (χ0) is 11.1. The number of benzene rings is 1. The summed E-state index contributed by atoms with van der Waals surface area (Å²) in [5.74, 6) is -0.822. The van der Waals surface area contributed by atoms with E-state index in [2.05, 4.69) is 4.90 Å². The van der Waals surface area contributed by atoms with Crippen LogP contribution in [0.3, 0.4) is 0 Å². The van der Waals surface area contributed by atoms with Gasteiger partial charge in [-0.15, -0.1) is 0 Å². The first kappa shape index (κ1) is 9.85. The van der Waals surface area contributed by atoms with E-state index in [-0.39, 0.29) is 0 Å². The maximum Gasteiger partial charge on any atom is 0.335 e. The number of hydrogen-bond donors (Lipinski definition) is 1. The highest BCUT2D eigenvalue weighted by Gasteiger charge is 2.31. The third-order valence-electron chi connectivity index (χ3n) is 3.77. The molecule has 16 heavy (non-hydrogen) atoms. The van der Waals surface area contributed by atoms with Gasteiger partial charge in [-0.1, -0.05) is 6.07 Å². The molecule has 1 saturated heterocycles. The molecule has 1 unspecified atom stereocenters. The molecule has 0 saturated carbocycles. The van der Waals surface area contributed by atoms with Gasteiger partial charge in [-0.25, -0.2) is 4.79 Å².